The monoisotopic (exact) mass is 491 g/mol. The average molecular weight is 492 g/mol. The number of benzene rings is 1. The average Bonchev–Trinajstić information content (AvgIpc) is 2.84. The van der Waals surface area contributed by atoms with Gasteiger partial charge in [0.05, 0.1) is 23.1 Å². The molecular formula is C23H21ClF3N5O2. The number of halogens is 4. The molecule has 1 aromatic carbocycles. The fourth-order valence-electron chi connectivity index (χ4n) is 3.79. The smallest absolute Gasteiger partial charge is 0.416 e. The lowest BCUT2D eigenvalue weighted by Crippen LogP contribution is -2.38. The maximum atomic E-state index is 13.0. The summed E-state index contributed by atoms with van der Waals surface area (Å²) in [7, 11) is 0. The number of nitrogens with zero attached hydrogens (tertiary/aromatic N) is 5. The summed E-state index contributed by atoms with van der Waals surface area (Å²) in [6.45, 7) is 3.19. The first-order valence-electron chi connectivity index (χ1n) is 10.7. The fraction of sp³-hybridized carbons (Fsp3) is 0.348. The number of alkyl halides is 3. The van der Waals surface area contributed by atoms with Crippen molar-refractivity contribution in [2.75, 3.05) is 24.6 Å². The molecule has 178 valence electrons. The first-order valence-corrected chi connectivity index (χ1v) is 11.1. The quantitative estimate of drug-likeness (QED) is 0.462. The van der Waals surface area contributed by atoms with Crippen LogP contribution in [0.25, 0.3) is 22.5 Å². The highest BCUT2D eigenvalue weighted by Gasteiger charge is 2.31. The summed E-state index contributed by atoms with van der Waals surface area (Å²) >= 11 is 6.36. The minimum absolute atomic E-state index is 0.176. The van der Waals surface area contributed by atoms with E-state index in [-0.39, 0.29) is 11.9 Å². The van der Waals surface area contributed by atoms with Gasteiger partial charge in [-0.05, 0) is 38.0 Å². The molecule has 0 saturated carbocycles. The number of piperidine rings is 1. The number of anilines is 1. The largest absolute Gasteiger partial charge is 0.466 e. The molecule has 0 aliphatic carbocycles. The van der Waals surface area contributed by atoms with E-state index >= 15 is 0 Å². The molecule has 0 N–H and O–H groups in total. The molecule has 0 radical (unpaired) electrons. The molecule has 1 saturated heterocycles. The lowest BCUT2D eigenvalue weighted by molar-refractivity contribution is -0.148. The van der Waals surface area contributed by atoms with Gasteiger partial charge in [0.25, 0.3) is 0 Å². The summed E-state index contributed by atoms with van der Waals surface area (Å²) in [4.78, 5) is 22.6. The summed E-state index contributed by atoms with van der Waals surface area (Å²) < 4.78 is 44.1. The van der Waals surface area contributed by atoms with Crippen LogP contribution < -0.4 is 4.90 Å². The predicted molar refractivity (Wildman–Crippen MR) is 120 cm³/mol. The second kappa shape index (κ2) is 9.92. The van der Waals surface area contributed by atoms with Crippen LogP contribution in [0.15, 0.2) is 42.7 Å². The van der Waals surface area contributed by atoms with Crippen molar-refractivity contribution in [3.63, 3.8) is 0 Å². The van der Waals surface area contributed by atoms with E-state index in [4.69, 9.17) is 16.3 Å². The number of esters is 1. The summed E-state index contributed by atoms with van der Waals surface area (Å²) in [6, 6.07) is 6.30. The molecular weight excluding hydrogens is 471 g/mol. The van der Waals surface area contributed by atoms with E-state index in [2.05, 4.69) is 20.2 Å². The minimum atomic E-state index is -4.45. The fourth-order valence-corrected chi connectivity index (χ4v) is 4.00. The van der Waals surface area contributed by atoms with Crippen LogP contribution in [0.5, 0.6) is 0 Å². The Morgan fingerprint density at radius 1 is 1.12 bits per heavy atom. The third-order valence-corrected chi connectivity index (χ3v) is 5.89. The molecule has 3 aromatic rings. The Balaban J connectivity index is 1.68. The third-order valence-electron chi connectivity index (χ3n) is 5.59. The minimum Gasteiger partial charge on any atom is -0.466 e. The van der Waals surface area contributed by atoms with Gasteiger partial charge in [-0.1, -0.05) is 23.7 Å². The molecule has 1 aliphatic heterocycles. The van der Waals surface area contributed by atoms with E-state index in [0.717, 1.165) is 12.1 Å². The molecule has 3 heterocycles. The molecule has 11 heteroatoms. The Kier molecular flexibility index (Phi) is 6.97. The zero-order valence-corrected chi connectivity index (χ0v) is 19.0. The number of rotatable bonds is 5. The maximum Gasteiger partial charge on any atom is 0.416 e. The molecule has 2 aromatic heterocycles. The lowest BCUT2D eigenvalue weighted by Gasteiger charge is -2.30. The number of pyridine rings is 1. The highest BCUT2D eigenvalue weighted by atomic mass is 35.5. The summed E-state index contributed by atoms with van der Waals surface area (Å²) in [5.74, 6) is -0.0337. The van der Waals surface area contributed by atoms with Crippen LogP contribution in [0.1, 0.15) is 25.3 Å². The first-order chi connectivity index (χ1) is 16.3. The Hall–Kier alpha value is -3.27. The molecule has 0 spiro atoms. The van der Waals surface area contributed by atoms with Crippen LogP contribution >= 0.6 is 11.6 Å². The van der Waals surface area contributed by atoms with E-state index in [1.165, 1.54) is 18.3 Å². The van der Waals surface area contributed by atoms with Crippen molar-refractivity contribution in [1.82, 2.24) is 20.2 Å². The molecule has 0 amide bonds. The van der Waals surface area contributed by atoms with Crippen LogP contribution in [0.2, 0.25) is 5.02 Å². The Morgan fingerprint density at radius 2 is 1.82 bits per heavy atom. The summed E-state index contributed by atoms with van der Waals surface area (Å²) in [5, 5.41) is 8.87. The van der Waals surface area contributed by atoms with Crippen LogP contribution in [0, 0.1) is 5.92 Å². The van der Waals surface area contributed by atoms with Gasteiger partial charge in [0, 0.05) is 36.6 Å². The molecule has 0 atom stereocenters. The highest BCUT2D eigenvalue weighted by molar-refractivity contribution is 6.33. The number of ether oxygens (including phenoxy) is 1. The van der Waals surface area contributed by atoms with Gasteiger partial charge < -0.3 is 9.64 Å². The Bertz CT molecular complexity index is 1170. The van der Waals surface area contributed by atoms with Gasteiger partial charge in [-0.25, -0.2) is 4.98 Å². The van der Waals surface area contributed by atoms with Crippen LogP contribution in [-0.4, -0.2) is 45.8 Å². The van der Waals surface area contributed by atoms with Crippen molar-refractivity contribution in [3.05, 3.63) is 53.3 Å². The van der Waals surface area contributed by atoms with Crippen LogP contribution in [0.3, 0.4) is 0 Å². The van der Waals surface area contributed by atoms with Gasteiger partial charge >= 0.3 is 12.1 Å². The van der Waals surface area contributed by atoms with Crippen molar-refractivity contribution in [2.45, 2.75) is 25.9 Å². The van der Waals surface area contributed by atoms with E-state index < -0.39 is 11.7 Å². The molecule has 1 fully saturated rings. The first kappa shape index (κ1) is 23.9. The normalized spacial score (nSPS) is 14.8. The zero-order chi connectivity index (χ0) is 24.3. The van der Waals surface area contributed by atoms with Crippen molar-refractivity contribution in [3.8, 4) is 22.5 Å². The van der Waals surface area contributed by atoms with E-state index in [1.807, 2.05) is 4.90 Å². The number of carbonyl (C=O) groups is 1. The van der Waals surface area contributed by atoms with Gasteiger partial charge in [0.1, 0.15) is 11.4 Å². The van der Waals surface area contributed by atoms with Gasteiger partial charge in [-0.2, -0.15) is 13.2 Å². The Labute approximate surface area is 199 Å². The summed E-state index contributed by atoms with van der Waals surface area (Å²) in [6.07, 6.45) is -0.258. The van der Waals surface area contributed by atoms with Crippen LogP contribution in [-0.2, 0) is 15.7 Å². The Morgan fingerprint density at radius 3 is 2.44 bits per heavy atom. The number of hydrogen-bond acceptors (Lipinski definition) is 7. The number of aromatic nitrogens is 4. The van der Waals surface area contributed by atoms with E-state index in [1.54, 1.807) is 19.2 Å². The molecule has 1 aliphatic rings. The van der Waals surface area contributed by atoms with Crippen molar-refractivity contribution >= 4 is 23.5 Å². The lowest BCUT2D eigenvalue weighted by atomic mass is 9.97. The molecule has 0 unspecified atom stereocenters. The standard InChI is InChI=1S/C23H21ClF3N5O2/c1-2-34-21(33)15-8-11-32(12-9-15)22-29-20(17-7-10-28-13-18(17)24)19(30-31-22)14-3-5-16(6-4-14)23(25,26)27/h3-7,10,13,15H,2,8-9,11-12H2,1H3. The van der Waals surface area contributed by atoms with E-state index in [0.29, 0.717) is 66.0 Å². The van der Waals surface area contributed by atoms with Gasteiger partial charge in [0.15, 0.2) is 0 Å². The molecule has 0 bridgehead atoms. The van der Waals surface area contributed by atoms with Crippen molar-refractivity contribution in [1.29, 1.82) is 0 Å². The molecule has 7 nitrogen and oxygen atoms in total. The summed E-state index contributed by atoms with van der Waals surface area (Å²) in [5.41, 5.74) is 0.867. The van der Waals surface area contributed by atoms with Gasteiger partial charge in [-0.3, -0.25) is 9.78 Å². The topological polar surface area (TPSA) is 81.1 Å². The van der Waals surface area contributed by atoms with Crippen LogP contribution in [0.4, 0.5) is 19.1 Å². The van der Waals surface area contributed by atoms with Crippen molar-refractivity contribution < 1.29 is 22.7 Å². The molecule has 4 rings (SSSR count). The second-order valence-corrected chi connectivity index (χ2v) is 8.16. The SMILES string of the molecule is CCOC(=O)C1CCN(c2nnc(-c3ccc(C(F)(F)F)cc3)c(-c3ccncc3Cl)n2)CC1. The van der Waals surface area contributed by atoms with Gasteiger partial charge in [0.2, 0.25) is 5.95 Å². The van der Waals surface area contributed by atoms with Gasteiger partial charge in [-0.15, -0.1) is 10.2 Å². The van der Waals surface area contributed by atoms with E-state index in [9.17, 15) is 18.0 Å². The zero-order valence-electron chi connectivity index (χ0n) is 18.2. The van der Waals surface area contributed by atoms with Crippen molar-refractivity contribution in [2.24, 2.45) is 5.92 Å². The second-order valence-electron chi connectivity index (χ2n) is 7.75. The predicted octanol–water partition coefficient (Wildman–Crippen LogP) is 5.05. The highest BCUT2D eigenvalue weighted by Crippen LogP contribution is 2.36. The molecule has 34 heavy (non-hydrogen) atoms. The third kappa shape index (κ3) is 5.11. The number of carbonyl (C=O) groups excluding carboxylic acids is 1. The number of hydrogen-bond donors (Lipinski definition) is 0. The maximum absolute atomic E-state index is 13.0.